The van der Waals surface area contributed by atoms with Gasteiger partial charge < -0.3 is 0 Å². The topological polar surface area (TPSA) is 0 Å². The van der Waals surface area contributed by atoms with Crippen molar-refractivity contribution in [2.75, 3.05) is 0 Å². The fraction of sp³-hybridized carbons (Fsp3) is 0.481. The number of aryl methyl sites for hydroxylation is 2. The Bertz CT molecular complexity index is 2130. The molecule has 0 N–H and O–H groups in total. The quantitative estimate of drug-likeness (QED) is 0.124. The first-order valence-corrected chi connectivity index (χ1v) is 36.7. The Balaban J connectivity index is 0.00000235. The number of halogens is 2. The third-order valence-corrected chi connectivity index (χ3v) is 34.2. The molecule has 10 rings (SSSR count). The summed E-state index contributed by atoms with van der Waals surface area (Å²) < 4.78 is 7.03. The maximum absolute atomic E-state index is 3.88. The number of hydrogen-bond donors (Lipinski definition) is 0. The zero-order valence-corrected chi connectivity index (χ0v) is 41.4. The van der Waals surface area contributed by atoms with Gasteiger partial charge in [-0.05, 0) is 0 Å². The first-order chi connectivity index (χ1) is 27.0. The van der Waals surface area contributed by atoms with Gasteiger partial charge in [-0.1, -0.05) is 0 Å². The Kier molecular flexibility index (Phi) is 11.8. The summed E-state index contributed by atoms with van der Waals surface area (Å²) in [5, 5.41) is 0. The van der Waals surface area contributed by atoms with Crippen molar-refractivity contribution in [3.05, 3.63) is 129 Å². The van der Waals surface area contributed by atoms with Crippen LogP contribution in [0.15, 0.2) is 96.1 Å². The first-order valence-electron chi connectivity index (χ1n) is 23.0. The maximum Gasteiger partial charge on any atom is -0.147 e. The third kappa shape index (κ3) is 7.33. The molecule has 0 amide bonds. The van der Waals surface area contributed by atoms with E-state index in [0.29, 0.717) is 18.1 Å². The van der Waals surface area contributed by atoms with Crippen LogP contribution in [0.2, 0.25) is 9.26 Å². The Morgan fingerprint density at radius 1 is 0.552 bits per heavy atom. The van der Waals surface area contributed by atoms with Gasteiger partial charge in [0.05, 0.1) is 0 Å². The van der Waals surface area contributed by atoms with Crippen LogP contribution in [0.25, 0.3) is 34.4 Å². The Hall–Kier alpha value is -1.96. The van der Waals surface area contributed by atoms with Crippen LogP contribution in [0.5, 0.6) is 0 Å². The summed E-state index contributed by atoms with van der Waals surface area (Å²) >= 11 is -3.88. The molecule has 0 nitrogen and oxygen atoms in total. The van der Waals surface area contributed by atoms with Crippen LogP contribution in [-0.4, -0.2) is 6.88 Å². The van der Waals surface area contributed by atoms with Crippen LogP contribution in [0.1, 0.15) is 144 Å². The standard InChI is InChI=1S/2C26H29.2CH3.2ClH.H2Si.Zr/c2*1-2-4-19-7-9-22(10-8-19)24-6-3-5-23-15-21(16-25(23)24)18-26-13-11-20(17-26)12-14-26;;;;;;/h2*3,5-10,15-16,20H,2,4,11-14,17-18H2,1H3;2*1H3;2*1H;1H2;. The van der Waals surface area contributed by atoms with Gasteiger partial charge in [0.15, 0.2) is 0 Å². The van der Waals surface area contributed by atoms with Crippen molar-refractivity contribution in [1.29, 1.82) is 0 Å². The molecule has 0 spiro atoms. The molecule has 0 aliphatic heterocycles. The van der Waals surface area contributed by atoms with Crippen molar-refractivity contribution >= 4 is 43.8 Å². The van der Waals surface area contributed by atoms with Crippen molar-refractivity contribution in [3.63, 3.8) is 0 Å². The second-order valence-corrected chi connectivity index (χ2v) is 51.9. The van der Waals surface area contributed by atoms with Crippen molar-refractivity contribution < 1.29 is 17.4 Å². The largest absolute Gasteiger partial charge is 0.147 e. The van der Waals surface area contributed by atoms with Gasteiger partial charge in [0.2, 0.25) is 0 Å². The van der Waals surface area contributed by atoms with E-state index in [4.69, 9.17) is 0 Å². The second-order valence-electron chi connectivity index (χ2n) is 21.4. The number of allylic oxidation sites excluding steroid dienone is 2. The summed E-state index contributed by atoms with van der Waals surface area (Å²) in [6.07, 6.45) is 27.6. The van der Waals surface area contributed by atoms with Crippen molar-refractivity contribution in [2.24, 2.45) is 22.7 Å². The molecule has 6 aliphatic rings. The van der Waals surface area contributed by atoms with E-state index in [-0.39, 0.29) is 24.8 Å². The Labute approximate surface area is 365 Å². The monoisotopic (exact) mass is 904 g/mol. The molecule has 2 unspecified atom stereocenters. The van der Waals surface area contributed by atoms with Gasteiger partial charge in [-0.2, -0.15) is 0 Å². The van der Waals surface area contributed by atoms with E-state index in [9.17, 15) is 0 Å². The fourth-order valence-corrected chi connectivity index (χ4v) is 34.1. The Morgan fingerprint density at radius 2 is 0.931 bits per heavy atom. The minimum absolute atomic E-state index is 0. The van der Waals surface area contributed by atoms with Crippen molar-refractivity contribution in [1.82, 2.24) is 0 Å². The van der Waals surface area contributed by atoms with Crippen LogP contribution in [0, 0.1) is 22.7 Å². The molecule has 0 radical (unpaired) electrons. The summed E-state index contributed by atoms with van der Waals surface area (Å²) in [6, 6.07) is 34.3. The van der Waals surface area contributed by atoms with E-state index in [0.717, 1.165) is 24.7 Å². The van der Waals surface area contributed by atoms with Crippen LogP contribution in [0.4, 0.5) is 0 Å². The van der Waals surface area contributed by atoms with Crippen molar-refractivity contribution in [2.45, 2.75) is 133 Å². The van der Waals surface area contributed by atoms with Gasteiger partial charge in [-0.3, -0.25) is 0 Å². The minimum Gasteiger partial charge on any atom is -0.147 e. The van der Waals surface area contributed by atoms with E-state index in [2.05, 4.69) is 127 Å². The van der Waals surface area contributed by atoms with E-state index in [1.807, 2.05) is 11.1 Å². The maximum atomic E-state index is 2.94. The van der Waals surface area contributed by atoms with E-state index in [1.165, 1.54) is 123 Å². The molecule has 0 heterocycles. The minimum atomic E-state index is -3.88. The number of hydrogen-bond acceptors (Lipinski definition) is 0. The first kappa shape index (κ1) is 42.7. The normalized spacial score (nSPS) is 27.8. The predicted octanol–water partition coefficient (Wildman–Crippen LogP) is 15.6. The van der Waals surface area contributed by atoms with Crippen molar-refractivity contribution in [3.8, 4) is 22.3 Å². The summed E-state index contributed by atoms with van der Waals surface area (Å²) in [5.74, 6) is 1.96. The molecule has 4 aromatic rings. The van der Waals surface area contributed by atoms with Gasteiger partial charge in [0.25, 0.3) is 0 Å². The predicted molar refractivity (Wildman–Crippen MR) is 255 cm³/mol. The van der Waals surface area contributed by atoms with Gasteiger partial charge in [0, 0.05) is 0 Å². The van der Waals surface area contributed by atoms with E-state index in [1.54, 1.807) is 22.3 Å². The number of fused-ring (bicyclic) bond motifs is 6. The molecule has 0 aromatic heterocycles. The zero-order valence-electron chi connectivity index (χ0n) is 35.9. The molecule has 306 valence electrons. The summed E-state index contributed by atoms with van der Waals surface area (Å²) in [4.78, 5) is 0. The van der Waals surface area contributed by atoms with Crippen LogP contribution < -0.4 is 0 Å². The van der Waals surface area contributed by atoms with Gasteiger partial charge in [-0.15, -0.1) is 24.8 Å². The molecular formula is C54H68Cl2SiZr. The molecule has 6 aliphatic carbocycles. The van der Waals surface area contributed by atoms with Crippen LogP contribution >= 0.6 is 24.8 Å². The van der Waals surface area contributed by atoms with Gasteiger partial charge in [-0.25, -0.2) is 0 Å². The second kappa shape index (κ2) is 16.1. The van der Waals surface area contributed by atoms with Gasteiger partial charge in [0.1, 0.15) is 0 Å². The molecule has 4 bridgehead atoms. The molecule has 58 heavy (non-hydrogen) atoms. The Morgan fingerprint density at radius 3 is 1.26 bits per heavy atom. The average molecular weight is 907 g/mol. The molecule has 4 fully saturated rings. The smallest absolute Gasteiger partial charge is 0.147 e. The molecule has 0 saturated heterocycles. The summed E-state index contributed by atoms with van der Waals surface area (Å²) in [7, 11) is 0. The average Bonchev–Trinajstić information content (AvgIpc) is 4.05. The summed E-state index contributed by atoms with van der Waals surface area (Å²) in [5.41, 5.74) is 19.9. The zero-order chi connectivity index (χ0) is 38.3. The SMILES string of the molecule is CCCc1ccc(-c2cccc3c2C=C(CC24CCC(CC2)C4)[CH]3[Zr]([CH3])([CH3])(=[SiH2])[CH]2C(CC34CCC(CC3)C4)=Cc3c(-c4ccc(CCC)cc4)cccc32)cc1.Cl.Cl. The molecule has 4 saturated carbocycles. The van der Waals surface area contributed by atoms with Crippen LogP contribution in [0.3, 0.4) is 0 Å². The molecule has 4 heteroatoms. The summed E-state index contributed by atoms with van der Waals surface area (Å²) in [6.45, 7) is 7.19. The third-order valence-electron chi connectivity index (χ3n) is 16.7. The van der Waals surface area contributed by atoms with Crippen LogP contribution in [-0.2, 0) is 30.2 Å². The molecular weight excluding hydrogens is 839 g/mol. The fourth-order valence-electron chi connectivity index (χ4n) is 14.4. The number of rotatable bonds is 12. The van der Waals surface area contributed by atoms with E-state index >= 15 is 0 Å². The molecule has 2 atom stereocenters. The van der Waals surface area contributed by atoms with E-state index < -0.39 is 17.4 Å². The van der Waals surface area contributed by atoms with Gasteiger partial charge >= 0.3 is 344 Å². The molecule has 4 aromatic carbocycles. The number of benzene rings is 4.